The Kier molecular flexibility index (Phi) is 4.71. The molecule has 148 valence electrons. The number of aromatic nitrogens is 1. The average molecular weight is 398 g/mol. The maximum absolute atomic E-state index is 13.4. The van der Waals surface area contributed by atoms with Gasteiger partial charge < -0.3 is 9.88 Å². The highest BCUT2D eigenvalue weighted by molar-refractivity contribution is 7.89. The molecular formula is C22H27N3O2S. The van der Waals surface area contributed by atoms with Crippen molar-refractivity contribution in [3.05, 3.63) is 58.8 Å². The standard InChI is InChI=1S/C22H27N3O2S/c1-15-14-16(2)18(4)22(17(15)3)28(26,27)25-12-10-24(11-13-25)21-7-5-6-20-19(21)8-9-23-20/h5-9,14,23H,10-13H2,1-4H3. The van der Waals surface area contributed by atoms with Crippen molar-refractivity contribution in [1.29, 1.82) is 0 Å². The molecule has 28 heavy (non-hydrogen) atoms. The minimum absolute atomic E-state index is 0.492. The molecule has 1 aromatic heterocycles. The second-order valence-electron chi connectivity index (χ2n) is 7.70. The van der Waals surface area contributed by atoms with Gasteiger partial charge in [-0.3, -0.25) is 0 Å². The molecule has 5 nitrogen and oxygen atoms in total. The summed E-state index contributed by atoms with van der Waals surface area (Å²) in [5.74, 6) is 0. The molecule has 4 rings (SSSR count). The molecule has 1 aliphatic heterocycles. The van der Waals surface area contributed by atoms with Crippen molar-refractivity contribution in [3.63, 3.8) is 0 Å². The maximum Gasteiger partial charge on any atom is 0.243 e. The lowest BCUT2D eigenvalue weighted by Gasteiger charge is -2.36. The Bertz CT molecular complexity index is 1110. The minimum atomic E-state index is -3.51. The van der Waals surface area contributed by atoms with Crippen LogP contribution in [-0.4, -0.2) is 43.9 Å². The Morgan fingerprint density at radius 3 is 2.18 bits per heavy atom. The lowest BCUT2D eigenvalue weighted by atomic mass is 10.0. The highest BCUT2D eigenvalue weighted by Crippen LogP contribution is 2.31. The van der Waals surface area contributed by atoms with E-state index < -0.39 is 10.0 Å². The van der Waals surface area contributed by atoms with Gasteiger partial charge in [0, 0.05) is 49.0 Å². The topological polar surface area (TPSA) is 56.4 Å². The highest BCUT2D eigenvalue weighted by atomic mass is 32.2. The lowest BCUT2D eigenvalue weighted by Crippen LogP contribution is -2.49. The number of aromatic amines is 1. The first-order valence-corrected chi connectivity index (χ1v) is 11.1. The fraction of sp³-hybridized carbons (Fsp3) is 0.364. The van der Waals surface area contributed by atoms with Crippen LogP contribution in [0, 0.1) is 27.7 Å². The number of nitrogens with zero attached hydrogens (tertiary/aromatic N) is 2. The smallest absolute Gasteiger partial charge is 0.243 e. The van der Waals surface area contributed by atoms with Crippen LogP contribution in [0.3, 0.4) is 0 Å². The average Bonchev–Trinajstić information content (AvgIpc) is 3.15. The summed E-state index contributed by atoms with van der Waals surface area (Å²) in [6.07, 6.45) is 1.94. The second-order valence-corrected chi connectivity index (χ2v) is 9.57. The van der Waals surface area contributed by atoms with Crippen LogP contribution in [0.25, 0.3) is 10.9 Å². The quantitative estimate of drug-likeness (QED) is 0.729. The molecule has 0 amide bonds. The van der Waals surface area contributed by atoms with Crippen LogP contribution in [0.2, 0.25) is 0 Å². The first-order valence-electron chi connectivity index (χ1n) is 9.69. The monoisotopic (exact) mass is 397 g/mol. The van der Waals surface area contributed by atoms with Crippen molar-refractivity contribution < 1.29 is 8.42 Å². The van der Waals surface area contributed by atoms with Gasteiger partial charge in [-0.25, -0.2) is 8.42 Å². The molecule has 0 radical (unpaired) electrons. The summed E-state index contributed by atoms with van der Waals surface area (Å²) in [6.45, 7) is 10.2. The molecular weight excluding hydrogens is 370 g/mol. The van der Waals surface area contributed by atoms with E-state index in [1.54, 1.807) is 4.31 Å². The largest absolute Gasteiger partial charge is 0.368 e. The van der Waals surface area contributed by atoms with Gasteiger partial charge in [-0.05, 0) is 68.1 Å². The summed E-state index contributed by atoms with van der Waals surface area (Å²) in [5.41, 5.74) is 6.05. The number of fused-ring (bicyclic) bond motifs is 1. The molecule has 1 N–H and O–H groups in total. The van der Waals surface area contributed by atoms with Gasteiger partial charge in [-0.2, -0.15) is 4.31 Å². The van der Waals surface area contributed by atoms with Crippen molar-refractivity contribution in [2.24, 2.45) is 0 Å². The van der Waals surface area contributed by atoms with E-state index in [0.717, 1.165) is 33.5 Å². The Morgan fingerprint density at radius 1 is 0.893 bits per heavy atom. The third-order valence-corrected chi connectivity index (χ3v) is 8.22. The molecule has 0 unspecified atom stereocenters. The van der Waals surface area contributed by atoms with Crippen molar-refractivity contribution in [3.8, 4) is 0 Å². The zero-order valence-corrected chi connectivity index (χ0v) is 17.7. The number of H-pyrrole nitrogens is 1. The minimum Gasteiger partial charge on any atom is -0.368 e. The number of hydrogen-bond acceptors (Lipinski definition) is 3. The molecule has 0 bridgehead atoms. The summed E-state index contributed by atoms with van der Waals surface area (Å²) < 4.78 is 28.5. The van der Waals surface area contributed by atoms with Gasteiger partial charge in [0.05, 0.1) is 4.90 Å². The molecule has 1 aliphatic rings. The lowest BCUT2D eigenvalue weighted by molar-refractivity contribution is 0.384. The molecule has 2 heterocycles. The Labute approximate surface area is 167 Å². The molecule has 3 aromatic rings. The number of anilines is 1. The van der Waals surface area contributed by atoms with Crippen molar-refractivity contribution in [1.82, 2.24) is 9.29 Å². The van der Waals surface area contributed by atoms with Crippen molar-refractivity contribution in [2.45, 2.75) is 32.6 Å². The third-order valence-electron chi connectivity index (χ3n) is 6.05. The maximum atomic E-state index is 13.4. The van der Waals surface area contributed by atoms with E-state index in [-0.39, 0.29) is 0 Å². The number of sulfonamides is 1. The molecule has 0 spiro atoms. The van der Waals surface area contributed by atoms with Crippen molar-refractivity contribution >= 4 is 26.6 Å². The Hall–Kier alpha value is -2.31. The van der Waals surface area contributed by atoms with Crippen LogP contribution in [0.5, 0.6) is 0 Å². The van der Waals surface area contributed by atoms with E-state index >= 15 is 0 Å². The fourth-order valence-electron chi connectivity index (χ4n) is 4.21. The fourth-order valence-corrected chi connectivity index (χ4v) is 6.21. The highest BCUT2D eigenvalue weighted by Gasteiger charge is 2.32. The van der Waals surface area contributed by atoms with Gasteiger partial charge in [0.1, 0.15) is 0 Å². The summed E-state index contributed by atoms with van der Waals surface area (Å²) >= 11 is 0. The number of benzene rings is 2. The Morgan fingerprint density at radius 2 is 1.54 bits per heavy atom. The molecule has 2 aromatic carbocycles. The number of rotatable bonds is 3. The van der Waals surface area contributed by atoms with Crippen LogP contribution < -0.4 is 4.90 Å². The third kappa shape index (κ3) is 3.01. The predicted octanol–water partition coefficient (Wildman–Crippen LogP) is 3.91. The molecule has 1 fully saturated rings. The van der Waals surface area contributed by atoms with E-state index in [4.69, 9.17) is 0 Å². The summed E-state index contributed by atoms with van der Waals surface area (Å²) in [4.78, 5) is 6.02. The number of aryl methyl sites for hydroxylation is 2. The number of piperazine rings is 1. The van der Waals surface area contributed by atoms with Gasteiger partial charge in [0.15, 0.2) is 0 Å². The van der Waals surface area contributed by atoms with Crippen LogP contribution >= 0.6 is 0 Å². The molecule has 0 atom stereocenters. The summed E-state index contributed by atoms with van der Waals surface area (Å²) in [7, 11) is -3.51. The second kappa shape index (κ2) is 6.94. The van der Waals surface area contributed by atoms with Gasteiger partial charge in [-0.15, -0.1) is 0 Å². The predicted molar refractivity (Wildman–Crippen MR) is 115 cm³/mol. The van der Waals surface area contributed by atoms with Crippen LogP contribution in [0.4, 0.5) is 5.69 Å². The first kappa shape index (κ1) is 19.0. The molecule has 0 saturated carbocycles. The summed E-state index contributed by atoms with van der Waals surface area (Å²) in [5, 5.41) is 1.18. The summed E-state index contributed by atoms with van der Waals surface area (Å²) in [6, 6.07) is 10.4. The van der Waals surface area contributed by atoms with Gasteiger partial charge in [0.25, 0.3) is 0 Å². The SMILES string of the molecule is Cc1cc(C)c(C)c(S(=O)(=O)N2CCN(c3cccc4[nH]ccc34)CC2)c1C. The van der Waals surface area contributed by atoms with E-state index in [0.29, 0.717) is 31.1 Å². The first-order chi connectivity index (χ1) is 13.3. The van der Waals surface area contributed by atoms with Crippen LogP contribution in [0.15, 0.2) is 41.4 Å². The van der Waals surface area contributed by atoms with E-state index in [1.807, 2.05) is 40.0 Å². The van der Waals surface area contributed by atoms with E-state index in [9.17, 15) is 8.42 Å². The zero-order chi connectivity index (χ0) is 20.1. The number of nitrogens with one attached hydrogen (secondary N) is 1. The van der Waals surface area contributed by atoms with Gasteiger partial charge >= 0.3 is 0 Å². The molecule has 0 aliphatic carbocycles. The van der Waals surface area contributed by atoms with Crippen LogP contribution in [0.1, 0.15) is 22.3 Å². The van der Waals surface area contributed by atoms with E-state index in [2.05, 4.69) is 34.1 Å². The van der Waals surface area contributed by atoms with Gasteiger partial charge in [-0.1, -0.05) is 12.1 Å². The normalized spacial score (nSPS) is 16.1. The van der Waals surface area contributed by atoms with E-state index in [1.165, 1.54) is 5.39 Å². The zero-order valence-electron chi connectivity index (χ0n) is 16.9. The Balaban J connectivity index is 1.61. The van der Waals surface area contributed by atoms with Crippen molar-refractivity contribution in [2.75, 3.05) is 31.1 Å². The van der Waals surface area contributed by atoms with Gasteiger partial charge in [0.2, 0.25) is 10.0 Å². The molecule has 1 saturated heterocycles. The molecule has 6 heteroatoms. The number of hydrogen-bond donors (Lipinski definition) is 1. The van der Waals surface area contributed by atoms with Crippen LogP contribution in [-0.2, 0) is 10.0 Å².